The summed E-state index contributed by atoms with van der Waals surface area (Å²) in [4.78, 5) is 26.1. The van der Waals surface area contributed by atoms with Crippen LogP contribution in [-0.4, -0.2) is 34.8 Å². The first-order chi connectivity index (χ1) is 11.4. The van der Waals surface area contributed by atoms with Gasteiger partial charge in [0.1, 0.15) is 11.6 Å². The van der Waals surface area contributed by atoms with Gasteiger partial charge in [0, 0.05) is 13.0 Å². The fraction of sp³-hybridized carbons (Fsp3) is 0.526. The van der Waals surface area contributed by atoms with Gasteiger partial charge in [-0.1, -0.05) is 30.3 Å². The molecular weight excluding hydrogens is 302 g/mol. The second-order valence-electron chi connectivity index (χ2n) is 6.64. The standard InChI is InChI=1S/C19H25N3O2/c1-15(22-13-7-6-10-17(22)23)18(24)21-19(2,14-20)12-11-16-8-4-3-5-9-16/h3-5,8-9,15H,6-7,10-13H2,1-2H3,(H,21,24)/t15-,19+/m1/s1. The highest BCUT2D eigenvalue weighted by atomic mass is 16.2. The second kappa shape index (κ2) is 7.96. The number of carbonyl (C=O) groups is 2. The summed E-state index contributed by atoms with van der Waals surface area (Å²) in [6.45, 7) is 4.08. The van der Waals surface area contributed by atoms with Gasteiger partial charge in [0.05, 0.1) is 6.07 Å². The van der Waals surface area contributed by atoms with Gasteiger partial charge < -0.3 is 10.2 Å². The molecule has 2 amide bonds. The van der Waals surface area contributed by atoms with Crippen LogP contribution in [0.2, 0.25) is 0 Å². The minimum Gasteiger partial charge on any atom is -0.336 e. The summed E-state index contributed by atoms with van der Waals surface area (Å²) in [6.07, 6.45) is 3.55. The predicted molar refractivity (Wildman–Crippen MR) is 91.9 cm³/mol. The van der Waals surface area contributed by atoms with Gasteiger partial charge in [-0.2, -0.15) is 5.26 Å². The Kier molecular flexibility index (Phi) is 5.97. The first-order valence-corrected chi connectivity index (χ1v) is 8.52. The van der Waals surface area contributed by atoms with Gasteiger partial charge in [-0.3, -0.25) is 9.59 Å². The monoisotopic (exact) mass is 327 g/mol. The molecule has 0 unspecified atom stereocenters. The molecule has 5 nitrogen and oxygen atoms in total. The highest BCUT2D eigenvalue weighted by Gasteiger charge is 2.32. The van der Waals surface area contributed by atoms with Crippen molar-refractivity contribution in [3.63, 3.8) is 0 Å². The van der Waals surface area contributed by atoms with E-state index in [4.69, 9.17) is 0 Å². The summed E-state index contributed by atoms with van der Waals surface area (Å²) in [5, 5.41) is 12.3. The van der Waals surface area contributed by atoms with Crippen molar-refractivity contribution in [2.75, 3.05) is 6.54 Å². The molecule has 1 aliphatic heterocycles. The van der Waals surface area contributed by atoms with E-state index in [9.17, 15) is 14.9 Å². The topological polar surface area (TPSA) is 73.2 Å². The molecule has 2 atom stereocenters. The van der Waals surface area contributed by atoms with Gasteiger partial charge in [-0.05, 0) is 45.1 Å². The van der Waals surface area contributed by atoms with Crippen molar-refractivity contribution in [1.29, 1.82) is 5.26 Å². The first kappa shape index (κ1) is 18.0. The Morgan fingerprint density at radius 1 is 1.38 bits per heavy atom. The van der Waals surface area contributed by atoms with Crippen molar-refractivity contribution >= 4 is 11.8 Å². The zero-order valence-electron chi connectivity index (χ0n) is 14.4. The molecular formula is C19H25N3O2. The van der Waals surface area contributed by atoms with Crippen LogP contribution >= 0.6 is 0 Å². The Bertz CT molecular complexity index is 623. The molecule has 1 heterocycles. The van der Waals surface area contributed by atoms with Gasteiger partial charge >= 0.3 is 0 Å². The van der Waals surface area contributed by atoms with Crippen molar-refractivity contribution < 1.29 is 9.59 Å². The summed E-state index contributed by atoms with van der Waals surface area (Å²) in [5.74, 6) is -0.241. The number of rotatable bonds is 6. The predicted octanol–water partition coefficient (Wildman–Crippen LogP) is 2.42. The van der Waals surface area contributed by atoms with Gasteiger partial charge in [0.2, 0.25) is 11.8 Å². The maximum absolute atomic E-state index is 12.5. The number of hydrogen-bond donors (Lipinski definition) is 1. The highest BCUT2D eigenvalue weighted by molar-refractivity contribution is 5.88. The average molecular weight is 327 g/mol. The number of nitrogens with one attached hydrogen (secondary N) is 1. The molecule has 128 valence electrons. The maximum Gasteiger partial charge on any atom is 0.243 e. The number of nitriles is 1. The van der Waals surface area contributed by atoms with Crippen molar-refractivity contribution in [1.82, 2.24) is 10.2 Å². The fourth-order valence-corrected chi connectivity index (χ4v) is 2.94. The molecule has 0 saturated carbocycles. The number of nitrogens with zero attached hydrogens (tertiary/aromatic N) is 2. The van der Waals surface area contributed by atoms with Crippen LogP contribution in [0.3, 0.4) is 0 Å². The molecule has 1 saturated heterocycles. The Morgan fingerprint density at radius 2 is 2.08 bits per heavy atom. The third-order valence-corrected chi connectivity index (χ3v) is 4.61. The van der Waals surface area contributed by atoms with Gasteiger partial charge in [-0.25, -0.2) is 0 Å². The molecule has 0 aromatic heterocycles. The van der Waals surface area contributed by atoms with Crippen LogP contribution in [0.4, 0.5) is 0 Å². The number of carbonyl (C=O) groups excluding carboxylic acids is 2. The Hall–Kier alpha value is -2.35. The quantitative estimate of drug-likeness (QED) is 0.872. The van der Waals surface area contributed by atoms with E-state index in [1.165, 1.54) is 0 Å². The molecule has 1 aromatic carbocycles. The number of benzene rings is 1. The summed E-state index contributed by atoms with van der Waals surface area (Å²) in [7, 11) is 0. The van der Waals surface area contributed by atoms with Crippen molar-refractivity contribution in [2.45, 2.75) is 57.5 Å². The number of hydrogen-bond acceptors (Lipinski definition) is 3. The van der Waals surface area contributed by atoms with Crippen LogP contribution in [0.1, 0.15) is 45.1 Å². The minimum atomic E-state index is -0.944. The van der Waals surface area contributed by atoms with Gasteiger partial charge in [-0.15, -0.1) is 0 Å². The number of amides is 2. The molecule has 0 radical (unpaired) electrons. The summed E-state index contributed by atoms with van der Waals surface area (Å²) in [5.41, 5.74) is 0.188. The van der Waals surface area contributed by atoms with Crippen molar-refractivity contribution in [3.8, 4) is 6.07 Å². The number of aryl methyl sites for hydroxylation is 1. The van der Waals surface area contributed by atoms with E-state index in [0.717, 1.165) is 18.4 Å². The van der Waals surface area contributed by atoms with E-state index < -0.39 is 11.6 Å². The van der Waals surface area contributed by atoms with E-state index in [0.29, 0.717) is 25.8 Å². The molecule has 24 heavy (non-hydrogen) atoms. The lowest BCUT2D eigenvalue weighted by molar-refractivity contribution is -0.142. The molecule has 1 fully saturated rings. The van der Waals surface area contributed by atoms with Crippen LogP contribution in [0.5, 0.6) is 0 Å². The Balaban J connectivity index is 1.96. The molecule has 2 rings (SSSR count). The second-order valence-corrected chi connectivity index (χ2v) is 6.64. The van der Waals surface area contributed by atoms with E-state index in [1.807, 2.05) is 30.3 Å². The SMILES string of the molecule is C[C@H](C(=O)N[C@](C)(C#N)CCc1ccccc1)N1CCCCC1=O. The highest BCUT2D eigenvalue weighted by Crippen LogP contribution is 2.17. The van der Waals surface area contributed by atoms with Crippen LogP contribution in [0.15, 0.2) is 30.3 Å². The van der Waals surface area contributed by atoms with Crippen molar-refractivity contribution in [3.05, 3.63) is 35.9 Å². The molecule has 1 N–H and O–H groups in total. The number of piperidine rings is 1. The van der Waals surface area contributed by atoms with E-state index in [-0.39, 0.29) is 11.8 Å². The average Bonchev–Trinajstić information content (AvgIpc) is 2.61. The molecule has 5 heteroatoms. The first-order valence-electron chi connectivity index (χ1n) is 8.52. The van der Waals surface area contributed by atoms with Crippen LogP contribution < -0.4 is 5.32 Å². The maximum atomic E-state index is 12.5. The van der Waals surface area contributed by atoms with Crippen LogP contribution in [0.25, 0.3) is 0 Å². The van der Waals surface area contributed by atoms with E-state index in [2.05, 4.69) is 11.4 Å². The minimum absolute atomic E-state index is 0.0202. The zero-order chi connectivity index (χ0) is 17.6. The van der Waals surface area contributed by atoms with Gasteiger partial charge in [0.15, 0.2) is 0 Å². The smallest absolute Gasteiger partial charge is 0.243 e. The molecule has 0 spiro atoms. The lowest BCUT2D eigenvalue weighted by Crippen LogP contribution is -2.55. The third-order valence-electron chi connectivity index (χ3n) is 4.61. The summed E-state index contributed by atoms with van der Waals surface area (Å²) in [6, 6.07) is 11.6. The largest absolute Gasteiger partial charge is 0.336 e. The van der Waals surface area contributed by atoms with E-state index >= 15 is 0 Å². The lowest BCUT2D eigenvalue weighted by Gasteiger charge is -2.33. The third kappa shape index (κ3) is 4.58. The molecule has 0 aliphatic carbocycles. The molecule has 1 aliphatic rings. The Labute approximate surface area is 143 Å². The van der Waals surface area contributed by atoms with Crippen molar-refractivity contribution in [2.24, 2.45) is 0 Å². The fourth-order valence-electron chi connectivity index (χ4n) is 2.94. The summed E-state index contributed by atoms with van der Waals surface area (Å²) < 4.78 is 0. The van der Waals surface area contributed by atoms with E-state index in [1.54, 1.807) is 18.7 Å². The number of likely N-dealkylation sites (tertiary alicyclic amines) is 1. The molecule has 0 bridgehead atoms. The normalized spacial score (nSPS) is 18.4. The van der Waals surface area contributed by atoms with Crippen LogP contribution in [0, 0.1) is 11.3 Å². The lowest BCUT2D eigenvalue weighted by atomic mass is 9.94. The summed E-state index contributed by atoms with van der Waals surface area (Å²) >= 11 is 0. The van der Waals surface area contributed by atoms with Crippen LogP contribution in [-0.2, 0) is 16.0 Å². The van der Waals surface area contributed by atoms with Gasteiger partial charge in [0.25, 0.3) is 0 Å². The molecule has 1 aromatic rings. The Morgan fingerprint density at radius 3 is 2.71 bits per heavy atom. The zero-order valence-corrected chi connectivity index (χ0v) is 14.4.